The lowest BCUT2D eigenvalue weighted by Gasteiger charge is -2.34. The highest BCUT2D eigenvalue weighted by Crippen LogP contribution is 2.56. The number of aromatic nitrogens is 3. The lowest BCUT2D eigenvalue weighted by atomic mass is 9.67. The molecular weight excluding hydrogens is 683 g/mol. The topological polar surface area (TPSA) is 51.8 Å². The first-order valence-corrected chi connectivity index (χ1v) is 18.9. The van der Waals surface area contributed by atoms with Crippen LogP contribution < -0.4 is 0 Å². The van der Waals surface area contributed by atoms with Crippen molar-refractivity contribution in [2.75, 3.05) is 0 Å². The van der Waals surface area contributed by atoms with Crippen molar-refractivity contribution in [1.29, 1.82) is 0 Å². The smallest absolute Gasteiger partial charge is 0.164 e. The number of rotatable bonds is 6. The Kier molecular flexibility index (Phi) is 7.36. The summed E-state index contributed by atoms with van der Waals surface area (Å²) in [6.45, 7) is 0. The summed E-state index contributed by atoms with van der Waals surface area (Å²) < 4.78 is 6.66. The summed E-state index contributed by atoms with van der Waals surface area (Å²) in [6, 6.07) is 70.6. The van der Waals surface area contributed by atoms with Crippen LogP contribution in [-0.2, 0) is 5.41 Å². The second kappa shape index (κ2) is 12.9. The van der Waals surface area contributed by atoms with Crippen LogP contribution in [0.15, 0.2) is 205 Å². The molecule has 0 radical (unpaired) electrons. The molecule has 262 valence electrons. The molecule has 4 nitrogen and oxygen atoms in total. The molecule has 0 unspecified atom stereocenters. The van der Waals surface area contributed by atoms with Crippen LogP contribution >= 0.6 is 0 Å². The number of furan rings is 1. The second-order valence-corrected chi connectivity index (χ2v) is 14.4. The van der Waals surface area contributed by atoms with Crippen molar-refractivity contribution in [3.63, 3.8) is 0 Å². The van der Waals surface area contributed by atoms with Gasteiger partial charge in [-0.3, -0.25) is 0 Å². The van der Waals surface area contributed by atoms with E-state index in [0.29, 0.717) is 17.5 Å². The van der Waals surface area contributed by atoms with Gasteiger partial charge >= 0.3 is 0 Å². The van der Waals surface area contributed by atoms with E-state index in [1.165, 1.54) is 33.4 Å². The molecule has 0 N–H and O–H groups in total. The molecule has 10 aromatic rings. The summed E-state index contributed by atoms with van der Waals surface area (Å²) in [6.07, 6.45) is 0. The lowest BCUT2D eigenvalue weighted by Crippen LogP contribution is -2.28. The van der Waals surface area contributed by atoms with Crippen LogP contribution in [0.5, 0.6) is 0 Å². The maximum Gasteiger partial charge on any atom is 0.164 e. The minimum absolute atomic E-state index is 0.458. The molecule has 56 heavy (non-hydrogen) atoms. The molecule has 0 aliphatic heterocycles. The molecule has 0 bridgehead atoms. The van der Waals surface area contributed by atoms with Crippen LogP contribution in [0.2, 0.25) is 0 Å². The summed E-state index contributed by atoms with van der Waals surface area (Å²) in [5.74, 6) is 1.86. The van der Waals surface area contributed by atoms with Gasteiger partial charge in [0.1, 0.15) is 11.2 Å². The third-order valence-corrected chi connectivity index (χ3v) is 11.2. The minimum atomic E-state index is -0.458. The minimum Gasteiger partial charge on any atom is -0.456 e. The molecule has 2 aromatic heterocycles. The number of hydrogen-bond donors (Lipinski definition) is 0. The van der Waals surface area contributed by atoms with Gasteiger partial charge in [0.15, 0.2) is 17.5 Å². The van der Waals surface area contributed by atoms with Crippen molar-refractivity contribution in [2.24, 2.45) is 0 Å². The molecule has 0 saturated carbocycles. The van der Waals surface area contributed by atoms with E-state index >= 15 is 0 Å². The Hall–Kier alpha value is -7.43. The van der Waals surface area contributed by atoms with Gasteiger partial charge in [-0.15, -0.1) is 0 Å². The predicted molar refractivity (Wildman–Crippen MR) is 226 cm³/mol. The molecule has 2 heterocycles. The Balaban J connectivity index is 1.03. The summed E-state index contributed by atoms with van der Waals surface area (Å²) in [7, 11) is 0. The molecule has 1 aliphatic rings. The zero-order chi connectivity index (χ0) is 37.1. The number of hydrogen-bond acceptors (Lipinski definition) is 4. The van der Waals surface area contributed by atoms with Crippen LogP contribution in [0, 0.1) is 0 Å². The maximum atomic E-state index is 6.66. The fourth-order valence-corrected chi connectivity index (χ4v) is 8.66. The normalized spacial score (nSPS) is 12.8. The number of fused-ring (bicyclic) bond motifs is 6. The zero-order valence-corrected chi connectivity index (χ0v) is 30.3. The van der Waals surface area contributed by atoms with Crippen molar-refractivity contribution in [2.45, 2.75) is 5.41 Å². The van der Waals surface area contributed by atoms with Gasteiger partial charge < -0.3 is 4.42 Å². The van der Waals surface area contributed by atoms with Gasteiger partial charge in [-0.25, -0.2) is 15.0 Å². The summed E-state index contributed by atoms with van der Waals surface area (Å²) in [4.78, 5) is 14.8. The quantitative estimate of drug-likeness (QED) is 0.172. The second-order valence-electron chi connectivity index (χ2n) is 14.4. The Morgan fingerprint density at radius 2 is 0.750 bits per heavy atom. The molecule has 0 saturated heterocycles. The molecule has 8 aromatic carbocycles. The van der Waals surface area contributed by atoms with Crippen LogP contribution in [-0.4, -0.2) is 15.0 Å². The van der Waals surface area contributed by atoms with E-state index < -0.39 is 5.41 Å². The van der Waals surface area contributed by atoms with E-state index in [9.17, 15) is 0 Å². The summed E-state index contributed by atoms with van der Waals surface area (Å²) >= 11 is 0. The standard InChI is InChI=1S/C52H33N3O/c1-5-15-34(16-6-1)49-53-50(35-17-7-2-8-18-35)55-51(54-49)38-27-30-44-43-29-26-37(32-47(43)56-48(44)33-38)36-25-28-42-41-23-13-14-24-45(41)52(46(42)31-36,39-19-9-3-10-20-39)40-21-11-4-12-22-40/h1-33H. The molecule has 0 spiro atoms. The largest absolute Gasteiger partial charge is 0.456 e. The Labute approximate surface area is 324 Å². The van der Waals surface area contributed by atoms with Crippen LogP contribution in [0.3, 0.4) is 0 Å². The molecule has 0 atom stereocenters. The lowest BCUT2D eigenvalue weighted by molar-refractivity contribution is 0.669. The van der Waals surface area contributed by atoms with E-state index in [2.05, 4.69) is 140 Å². The Bertz CT molecular complexity index is 2970. The van der Waals surface area contributed by atoms with Crippen LogP contribution in [0.4, 0.5) is 0 Å². The van der Waals surface area contributed by atoms with Crippen LogP contribution in [0.1, 0.15) is 22.3 Å². The van der Waals surface area contributed by atoms with E-state index in [-0.39, 0.29) is 0 Å². The fourth-order valence-electron chi connectivity index (χ4n) is 8.66. The van der Waals surface area contributed by atoms with Gasteiger partial charge in [0.05, 0.1) is 5.41 Å². The van der Waals surface area contributed by atoms with Gasteiger partial charge in [-0.2, -0.15) is 0 Å². The molecule has 11 rings (SSSR count). The van der Waals surface area contributed by atoms with E-state index in [1.54, 1.807) is 0 Å². The molecule has 1 aliphatic carbocycles. The van der Waals surface area contributed by atoms with Crippen molar-refractivity contribution in [3.8, 4) is 56.4 Å². The van der Waals surface area contributed by atoms with E-state index in [4.69, 9.17) is 19.4 Å². The number of benzene rings is 8. The average molecular weight is 716 g/mol. The van der Waals surface area contributed by atoms with Gasteiger partial charge in [0.2, 0.25) is 0 Å². The molecular formula is C52H33N3O. The SMILES string of the molecule is c1ccc(-c2nc(-c3ccccc3)nc(-c3ccc4c(c3)oc3cc(-c5ccc6c(c5)C(c5ccccc5)(c5ccccc5)c5ccccc5-6)ccc34)n2)cc1. The molecule has 0 fully saturated rings. The van der Waals surface area contributed by atoms with E-state index in [0.717, 1.165) is 49.8 Å². The highest BCUT2D eigenvalue weighted by atomic mass is 16.3. The first-order chi connectivity index (χ1) is 27.7. The molecule has 0 amide bonds. The fraction of sp³-hybridized carbons (Fsp3) is 0.0192. The van der Waals surface area contributed by atoms with Gasteiger partial charge in [-0.1, -0.05) is 170 Å². The highest BCUT2D eigenvalue weighted by Gasteiger charge is 2.46. The summed E-state index contributed by atoms with van der Waals surface area (Å²) in [5, 5.41) is 2.12. The Morgan fingerprint density at radius 3 is 1.34 bits per heavy atom. The van der Waals surface area contributed by atoms with Crippen molar-refractivity contribution in [1.82, 2.24) is 15.0 Å². The van der Waals surface area contributed by atoms with Gasteiger partial charge in [-0.05, 0) is 74.8 Å². The summed E-state index contributed by atoms with van der Waals surface area (Å²) in [5.41, 5.74) is 13.8. The van der Waals surface area contributed by atoms with Crippen LogP contribution in [0.25, 0.3) is 78.4 Å². The third-order valence-electron chi connectivity index (χ3n) is 11.2. The first-order valence-electron chi connectivity index (χ1n) is 18.9. The zero-order valence-electron chi connectivity index (χ0n) is 30.3. The first kappa shape index (κ1) is 32.0. The van der Waals surface area contributed by atoms with Crippen molar-refractivity contribution < 1.29 is 4.42 Å². The highest BCUT2D eigenvalue weighted by molar-refractivity contribution is 6.07. The maximum absolute atomic E-state index is 6.66. The van der Waals surface area contributed by atoms with E-state index in [1.807, 2.05) is 60.7 Å². The predicted octanol–water partition coefficient (Wildman–Crippen LogP) is 12.8. The Morgan fingerprint density at radius 1 is 0.321 bits per heavy atom. The molecule has 4 heteroatoms. The van der Waals surface area contributed by atoms with Gasteiger partial charge in [0, 0.05) is 27.5 Å². The monoisotopic (exact) mass is 715 g/mol. The van der Waals surface area contributed by atoms with Gasteiger partial charge in [0.25, 0.3) is 0 Å². The van der Waals surface area contributed by atoms with Crippen molar-refractivity contribution >= 4 is 21.9 Å². The number of nitrogens with zero attached hydrogens (tertiary/aromatic N) is 3. The van der Waals surface area contributed by atoms with Crippen molar-refractivity contribution in [3.05, 3.63) is 222 Å². The average Bonchev–Trinajstić information content (AvgIpc) is 3.80. The third kappa shape index (κ3) is 5.04.